The molecule has 0 aromatic carbocycles. The van der Waals surface area contributed by atoms with Crippen LogP contribution in [0.3, 0.4) is 0 Å². The van der Waals surface area contributed by atoms with Gasteiger partial charge < -0.3 is 5.11 Å². The van der Waals surface area contributed by atoms with Crippen LogP contribution in [0.25, 0.3) is 0 Å². The fourth-order valence-corrected chi connectivity index (χ4v) is 0. The first-order valence-corrected chi connectivity index (χ1v) is 3.09. The molecular formula is CH3ClO6S. The Morgan fingerprint density at radius 1 is 1.33 bits per heavy atom. The third kappa shape index (κ3) is 1770. The predicted octanol–water partition coefficient (Wildman–Crippen LogP) is 0.250. The molecule has 0 aliphatic heterocycles. The van der Waals surface area contributed by atoms with Crippen molar-refractivity contribution < 1.29 is 27.4 Å². The Morgan fingerprint density at radius 2 is 1.33 bits per heavy atom. The van der Waals surface area contributed by atoms with Crippen molar-refractivity contribution in [1.29, 1.82) is 0 Å². The molecule has 9 heavy (non-hydrogen) atoms. The predicted molar refractivity (Wildman–Crippen MR) is 28.1 cm³/mol. The number of halogens is 1. The first kappa shape index (κ1) is 11.4. The molecule has 8 heteroatoms. The Kier molecular flexibility index (Phi) is 5.72. The third-order valence-electron chi connectivity index (χ3n) is 0. The second kappa shape index (κ2) is 4.50. The van der Waals surface area contributed by atoms with Crippen molar-refractivity contribution in [1.82, 2.24) is 0 Å². The summed E-state index contributed by atoms with van der Waals surface area (Å²) >= 11 is 4.19. The fourth-order valence-electron chi connectivity index (χ4n) is 0. The van der Waals surface area contributed by atoms with Crippen LogP contribution in [0.5, 0.6) is 0 Å². The quantitative estimate of drug-likeness (QED) is 0.362. The largest absolute Gasteiger partial charge is 0.469 e. The molecule has 0 bridgehead atoms. The Bertz CT molecular complexity index is 155. The maximum absolute atomic E-state index is 8.77. The summed E-state index contributed by atoms with van der Waals surface area (Å²) in [6.45, 7) is 0. The molecule has 0 heterocycles. The lowest BCUT2D eigenvalue weighted by molar-refractivity contribution is 0.220. The van der Waals surface area contributed by atoms with Crippen LogP contribution in [0.4, 0.5) is 4.79 Å². The minimum Gasteiger partial charge on any atom is -0.469 e. The van der Waals surface area contributed by atoms with Gasteiger partial charge in [-0.25, -0.2) is 4.79 Å². The first-order chi connectivity index (χ1) is 3.73. The average Bonchev–Trinajstić information content (AvgIpc) is 1.19. The van der Waals surface area contributed by atoms with E-state index in [0.717, 1.165) is 0 Å². The zero-order valence-corrected chi connectivity index (χ0v) is 5.43. The summed E-state index contributed by atoms with van der Waals surface area (Å²) in [5.74, 6) is 0. The van der Waals surface area contributed by atoms with Crippen molar-refractivity contribution in [3.63, 3.8) is 0 Å². The number of carbonyl (C=O) groups is 1. The van der Waals surface area contributed by atoms with E-state index in [0.29, 0.717) is 0 Å². The van der Waals surface area contributed by atoms with E-state index in [4.69, 9.17) is 27.4 Å². The highest BCUT2D eigenvalue weighted by atomic mass is 35.5. The second-order valence-corrected chi connectivity index (χ2v) is 1.92. The summed E-state index contributed by atoms with van der Waals surface area (Å²) in [6, 6.07) is 0. The summed E-state index contributed by atoms with van der Waals surface area (Å²) in [6.07, 6.45) is 0. The Morgan fingerprint density at radius 3 is 1.33 bits per heavy atom. The molecule has 6 nitrogen and oxygen atoms in total. The number of rotatable bonds is 0. The Labute approximate surface area is 55.6 Å². The molecule has 0 aromatic rings. The van der Waals surface area contributed by atoms with Gasteiger partial charge in [-0.3, -0.25) is 9.11 Å². The van der Waals surface area contributed by atoms with Gasteiger partial charge in [-0.05, 0) is 0 Å². The van der Waals surface area contributed by atoms with Crippen LogP contribution in [0.2, 0.25) is 0 Å². The van der Waals surface area contributed by atoms with E-state index in [9.17, 15) is 0 Å². The van der Waals surface area contributed by atoms with Gasteiger partial charge in [0.05, 0.1) is 0 Å². The number of hydrogen-bond donors (Lipinski definition) is 3. The average molecular weight is 179 g/mol. The minimum atomic E-state index is -4.67. The summed E-state index contributed by atoms with van der Waals surface area (Å²) in [5.41, 5.74) is -1.36. The molecule has 0 atom stereocenters. The van der Waals surface area contributed by atoms with Gasteiger partial charge >= 0.3 is 15.8 Å². The van der Waals surface area contributed by atoms with Crippen LogP contribution >= 0.6 is 11.6 Å². The third-order valence-corrected chi connectivity index (χ3v) is 0. The van der Waals surface area contributed by atoms with Crippen molar-refractivity contribution in [2.75, 3.05) is 0 Å². The van der Waals surface area contributed by atoms with E-state index in [-0.39, 0.29) is 0 Å². The van der Waals surface area contributed by atoms with Crippen LogP contribution in [0.1, 0.15) is 0 Å². The van der Waals surface area contributed by atoms with Gasteiger partial charge in [0.2, 0.25) is 0 Å². The monoisotopic (exact) mass is 178 g/mol. The second-order valence-electron chi connectivity index (χ2n) is 0.701. The standard InChI is InChI=1S/CHClO2.H2O4S/c2-1(3)4;1-5(2,3)4/h(H,3,4);(H2,1,2,3,4). The molecule has 0 saturated heterocycles. The molecule has 0 aliphatic rings. The maximum atomic E-state index is 8.77. The summed E-state index contributed by atoms with van der Waals surface area (Å²) < 4.78 is 31.6. The lowest BCUT2D eigenvalue weighted by Gasteiger charge is -1.68. The molecule has 0 aliphatic carbocycles. The highest BCUT2D eigenvalue weighted by Gasteiger charge is 1.84. The van der Waals surface area contributed by atoms with Gasteiger partial charge in [-0.2, -0.15) is 8.42 Å². The van der Waals surface area contributed by atoms with Gasteiger partial charge in [0.15, 0.2) is 0 Å². The van der Waals surface area contributed by atoms with E-state index in [1.807, 2.05) is 0 Å². The van der Waals surface area contributed by atoms with Gasteiger partial charge in [0, 0.05) is 11.6 Å². The molecule has 0 unspecified atom stereocenters. The SMILES string of the molecule is O=C(O)Cl.O=S(=O)(O)O. The zero-order chi connectivity index (χ0) is 8.08. The van der Waals surface area contributed by atoms with Crippen LogP contribution in [-0.4, -0.2) is 28.1 Å². The molecule has 0 saturated carbocycles. The van der Waals surface area contributed by atoms with Gasteiger partial charge in [0.25, 0.3) is 0 Å². The number of hydrogen-bond acceptors (Lipinski definition) is 3. The van der Waals surface area contributed by atoms with Crippen molar-refractivity contribution in [2.24, 2.45) is 0 Å². The Balaban J connectivity index is 0. The molecule has 0 radical (unpaired) electrons. The fraction of sp³-hybridized carbons (Fsp3) is 0. The maximum Gasteiger partial charge on any atom is 0.401 e. The Hall–Kier alpha value is -0.370. The molecule has 0 rings (SSSR count). The van der Waals surface area contributed by atoms with E-state index in [1.54, 1.807) is 0 Å². The minimum absolute atomic E-state index is 1.36. The van der Waals surface area contributed by atoms with Crippen molar-refractivity contribution in [3.8, 4) is 0 Å². The van der Waals surface area contributed by atoms with Gasteiger partial charge in [0.1, 0.15) is 0 Å². The first-order valence-electron chi connectivity index (χ1n) is 1.32. The van der Waals surface area contributed by atoms with Crippen molar-refractivity contribution in [2.45, 2.75) is 0 Å². The topological polar surface area (TPSA) is 112 Å². The molecule has 0 fully saturated rings. The van der Waals surface area contributed by atoms with Gasteiger partial charge in [-0.15, -0.1) is 0 Å². The highest BCUT2D eigenvalue weighted by Crippen LogP contribution is 1.67. The van der Waals surface area contributed by atoms with E-state index in [2.05, 4.69) is 11.6 Å². The normalized spacial score (nSPS) is 9.22. The van der Waals surface area contributed by atoms with E-state index < -0.39 is 15.8 Å². The van der Waals surface area contributed by atoms with Crippen molar-refractivity contribution >= 4 is 27.4 Å². The number of carboxylic acid groups (broad SMARTS) is 1. The lowest BCUT2D eigenvalue weighted by Crippen LogP contribution is -1.89. The van der Waals surface area contributed by atoms with E-state index in [1.165, 1.54) is 0 Å². The van der Waals surface area contributed by atoms with Gasteiger partial charge in [-0.1, -0.05) is 0 Å². The smallest absolute Gasteiger partial charge is 0.401 e. The molecular weight excluding hydrogens is 176 g/mol. The molecule has 0 spiro atoms. The summed E-state index contributed by atoms with van der Waals surface area (Å²) in [7, 11) is -4.67. The molecule has 0 aromatic heterocycles. The lowest BCUT2D eigenvalue weighted by atomic mass is 11.6. The van der Waals surface area contributed by atoms with Crippen LogP contribution < -0.4 is 0 Å². The summed E-state index contributed by atoms with van der Waals surface area (Å²) in [4.78, 5) is 8.77. The van der Waals surface area contributed by atoms with Crippen LogP contribution in [0, 0.1) is 0 Å². The molecule has 3 N–H and O–H groups in total. The van der Waals surface area contributed by atoms with Crippen molar-refractivity contribution in [3.05, 3.63) is 0 Å². The summed E-state index contributed by atoms with van der Waals surface area (Å²) in [5, 5.41) is 7.18. The van der Waals surface area contributed by atoms with Crippen LogP contribution in [-0.2, 0) is 10.4 Å². The van der Waals surface area contributed by atoms with Crippen LogP contribution in [0.15, 0.2) is 0 Å². The zero-order valence-electron chi connectivity index (χ0n) is 3.85. The highest BCUT2D eigenvalue weighted by molar-refractivity contribution is 7.79. The van der Waals surface area contributed by atoms with E-state index >= 15 is 0 Å². The molecule has 0 amide bonds. The molecule has 56 valence electrons.